The smallest absolute Gasteiger partial charge is 0.458 e. The van der Waals surface area contributed by atoms with Crippen molar-refractivity contribution in [2.45, 2.75) is 50.8 Å². The van der Waals surface area contributed by atoms with E-state index in [1.54, 1.807) is 0 Å². The van der Waals surface area contributed by atoms with Crippen LogP contribution in [0.3, 0.4) is 0 Å². The van der Waals surface area contributed by atoms with E-state index < -0.39 is 44.6 Å². The molecule has 12 heteroatoms. The Kier molecular flexibility index (Phi) is 6.94. The fourth-order valence-electron chi connectivity index (χ4n) is 1.86. The molecule has 27 heavy (non-hydrogen) atoms. The van der Waals surface area contributed by atoms with Crippen molar-refractivity contribution in [2.75, 3.05) is 0 Å². The molecule has 1 atom stereocenters. The summed E-state index contributed by atoms with van der Waals surface area (Å²) in [6.07, 6.45) is -2.54. The number of carbonyl (C=O) groups excluding carboxylic acids is 1. The lowest BCUT2D eigenvalue weighted by molar-refractivity contribution is -0.384. The molecule has 152 valence electrons. The fourth-order valence-corrected chi connectivity index (χ4v) is 2.45. The van der Waals surface area contributed by atoms with Crippen molar-refractivity contribution >= 4 is 21.8 Å². The molecular weight excluding hydrogens is 395 g/mol. The highest BCUT2D eigenvalue weighted by molar-refractivity contribution is 7.87. The van der Waals surface area contributed by atoms with Crippen LogP contribution >= 0.6 is 0 Å². The van der Waals surface area contributed by atoms with Crippen LogP contribution in [0, 0.1) is 10.1 Å². The molecular formula is C15H18F3NO7S. The molecule has 0 N–H and O–H groups in total. The number of rotatable bonds is 7. The van der Waals surface area contributed by atoms with Gasteiger partial charge in [0.2, 0.25) is 0 Å². The molecule has 0 aromatic heterocycles. The van der Waals surface area contributed by atoms with Crippen LogP contribution in [0.15, 0.2) is 24.3 Å². The van der Waals surface area contributed by atoms with Crippen LogP contribution in [0.5, 0.6) is 0 Å². The van der Waals surface area contributed by atoms with Gasteiger partial charge in [-0.05, 0) is 39.2 Å². The molecule has 0 heterocycles. The average Bonchev–Trinajstić information content (AvgIpc) is 2.48. The van der Waals surface area contributed by atoms with Gasteiger partial charge in [-0.1, -0.05) is 12.1 Å². The number of esters is 1. The summed E-state index contributed by atoms with van der Waals surface area (Å²) in [7, 11) is -6.01. The summed E-state index contributed by atoms with van der Waals surface area (Å²) >= 11 is 0. The molecule has 0 unspecified atom stereocenters. The van der Waals surface area contributed by atoms with Gasteiger partial charge < -0.3 is 4.74 Å². The van der Waals surface area contributed by atoms with E-state index in [1.165, 1.54) is 45.0 Å². The van der Waals surface area contributed by atoms with Gasteiger partial charge in [-0.2, -0.15) is 21.6 Å². The average molecular weight is 413 g/mol. The number of hydrogen-bond donors (Lipinski definition) is 0. The number of non-ortho nitro benzene ring substituents is 1. The van der Waals surface area contributed by atoms with E-state index in [0.717, 1.165) is 0 Å². The Morgan fingerprint density at radius 3 is 2.11 bits per heavy atom. The molecule has 0 radical (unpaired) electrons. The number of nitrogens with zero attached hydrogens (tertiary/aromatic N) is 1. The number of alkyl halides is 3. The number of hydrogen-bond acceptors (Lipinski definition) is 7. The summed E-state index contributed by atoms with van der Waals surface area (Å²) in [5, 5.41) is 10.6. The van der Waals surface area contributed by atoms with E-state index in [9.17, 15) is 36.5 Å². The van der Waals surface area contributed by atoms with Gasteiger partial charge in [0.15, 0.2) is 6.10 Å². The van der Waals surface area contributed by atoms with Crippen molar-refractivity contribution < 1.29 is 40.2 Å². The maximum absolute atomic E-state index is 12.5. The molecule has 0 amide bonds. The molecule has 1 aromatic rings. The molecule has 0 fully saturated rings. The molecule has 1 rings (SSSR count). The van der Waals surface area contributed by atoms with Crippen molar-refractivity contribution in [2.24, 2.45) is 0 Å². The van der Waals surface area contributed by atoms with Crippen LogP contribution in [-0.4, -0.2) is 36.5 Å². The first-order chi connectivity index (χ1) is 12.1. The first-order valence-corrected chi connectivity index (χ1v) is 8.99. The zero-order valence-electron chi connectivity index (χ0n) is 14.6. The van der Waals surface area contributed by atoms with Gasteiger partial charge in [0, 0.05) is 12.1 Å². The zero-order chi connectivity index (χ0) is 21.0. The van der Waals surface area contributed by atoms with Crippen LogP contribution in [0.2, 0.25) is 0 Å². The first-order valence-electron chi connectivity index (χ1n) is 7.58. The van der Waals surface area contributed by atoms with Crippen LogP contribution in [-0.2, 0) is 30.3 Å². The lowest BCUT2D eigenvalue weighted by atomic mass is 10.1. The highest BCUT2D eigenvalue weighted by atomic mass is 32.2. The topological polar surface area (TPSA) is 113 Å². The highest BCUT2D eigenvalue weighted by Gasteiger charge is 2.49. The van der Waals surface area contributed by atoms with E-state index >= 15 is 0 Å². The van der Waals surface area contributed by atoms with E-state index in [0.29, 0.717) is 5.56 Å². The second-order valence-corrected chi connectivity index (χ2v) is 8.04. The summed E-state index contributed by atoms with van der Waals surface area (Å²) in [5.41, 5.74) is -6.53. The van der Waals surface area contributed by atoms with Crippen molar-refractivity contribution in [3.05, 3.63) is 39.9 Å². The Labute approximate surface area is 153 Å². The van der Waals surface area contributed by atoms with Crippen LogP contribution in [0.4, 0.5) is 18.9 Å². The monoisotopic (exact) mass is 413 g/mol. The Hall–Kier alpha value is -2.21. The number of benzene rings is 1. The minimum Gasteiger partial charge on any atom is -0.458 e. The SMILES string of the molecule is CC(C)(C)OC(=O)[C@@H](CCc1ccc([N+](=O)[O-])cc1)OS(=O)(=O)C(F)(F)F. The minimum absolute atomic E-state index is 0.0741. The Bertz CT molecular complexity index is 783. The third-order valence-corrected chi connectivity index (χ3v) is 4.09. The molecule has 0 aliphatic heterocycles. The van der Waals surface area contributed by atoms with Gasteiger partial charge in [0.05, 0.1) is 4.92 Å². The number of ether oxygens (including phenoxy) is 1. The lowest BCUT2D eigenvalue weighted by Gasteiger charge is -2.24. The van der Waals surface area contributed by atoms with Crippen molar-refractivity contribution in [3.63, 3.8) is 0 Å². The van der Waals surface area contributed by atoms with Gasteiger partial charge in [-0.3, -0.25) is 10.1 Å². The molecule has 1 aromatic carbocycles. The third-order valence-electron chi connectivity index (χ3n) is 3.04. The fraction of sp³-hybridized carbons (Fsp3) is 0.533. The molecule has 0 saturated heterocycles. The van der Waals surface area contributed by atoms with Gasteiger partial charge in [0.25, 0.3) is 5.69 Å². The molecule has 0 bridgehead atoms. The maximum atomic E-state index is 12.5. The van der Waals surface area contributed by atoms with Crippen LogP contribution < -0.4 is 0 Å². The Morgan fingerprint density at radius 1 is 1.19 bits per heavy atom. The largest absolute Gasteiger partial charge is 0.523 e. The number of nitro benzene ring substituents is 1. The third kappa shape index (κ3) is 7.13. The van der Waals surface area contributed by atoms with E-state index in [4.69, 9.17) is 4.74 Å². The van der Waals surface area contributed by atoms with Gasteiger partial charge in [-0.15, -0.1) is 0 Å². The second kappa shape index (κ2) is 8.21. The molecule has 0 saturated carbocycles. The van der Waals surface area contributed by atoms with Gasteiger partial charge in [-0.25, -0.2) is 8.98 Å². The Balaban J connectivity index is 2.97. The predicted molar refractivity (Wildman–Crippen MR) is 87.1 cm³/mol. The van der Waals surface area contributed by atoms with Crippen LogP contribution in [0.25, 0.3) is 0 Å². The van der Waals surface area contributed by atoms with Crippen molar-refractivity contribution in [3.8, 4) is 0 Å². The quantitative estimate of drug-likeness (QED) is 0.222. The number of carbonyl (C=O) groups is 1. The lowest BCUT2D eigenvalue weighted by Crippen LogP contribution is -2.38. The predicted octanol–water partition coefficient (Wildman–Crippen LogP) is 3.10. The minimum atomic E-state index is -6.01. The van der Waals surface area contributed by atoms with Crippen molar-refractivity contribution in [1.82, 2.24) is 0 Å². The normalized spacial score (nSPS) is 13.9. The van der Waals surface area contributed by atoms with Gasteiger partial charge >= 0.3 is 21.6 Å². The summed E-state index contributed by atoms with van der Waals surface area (Å²) in [6.45, 7) is 4.36. The van der Waals surface area contributed by atoms with E-state index in [2.05, 4.69) is 4.18 Å². The standard InChI is InChI=1S/C15H18F3NO7S/c1-14(2,3)25-13(20)12(26-27(23,24)15(16,17)18)9-6-10-4-7-11(8-5-10)19(21)22/h4-5,7-8,12H,6,9H2,1-3H3/t12-/m1/s1. The number of nitro groups is 1. The molecule has 8 nitrogen and oxygen atoms in total. The summed E-state index contributed by atoms with van der Waals surface area (Å²) in [6, 6.07) is 5.02. The number of aryl methyl sites for hydroxylation is 1. The van der Waals surface area contributed by atoms with E-state index in [-0.39, 0.29) is 12.1 Å². The molecule has 0 spiro atoms. The van der Waals surface area contributed by atoms with Gasteiger partial charge in [0.1, 0.15) is 5.60 Å². The van der Waals surface area contributed by atoms with Crippen molar-refractivity contribution in [1.29, 1.82) is 0 Å². The molecule has 0 aliphatic rings. The number of halogens is 3. The summed E-state index contributed by atoms with van der Waals surface area (Å²) < 4.78 is 69.1. The Morgan fingerprint density at radius 2 is 1.70 bits per heavy atom. The zero-order valence-corrected chi connectivity index (χ0v) is 15.5. The van der Waals surface area contributed by atoms with Crippen LogP contribution in [0.1, 0.15) is 32.8 Å². The second-order valence-electron chi connectivity index (χ2n) is 6.48. The maximum Gasteiger partial charge on any atom is 0.523 e. The highest BCUT2D eigenvalue weighted by Crippen LogP contribution is 2.27. The summed E-state index contributed by atoms with van der Waals surface area (Å²) in [5.74, 6) is -1.27. The van der Waals surface area contributed by atoms with E-state index in [1.807, 2.05) is 0 Å². The molecule has 0 aliphatic carbocycles. The summed E-state index contributed by atoms with van der Waals surface area (Å²) in [4.78, 5) is 22.0. The first kappa shape index (κ1) is 22.8.